The first-order chi connectivity index (χ1) is 4.79. The van der Waals surface area contributed by atoms with Crippen LogP contribution in [0.4, 0.5) is 0 Å². The van der Waals surface area contributed by atoms with Crippen molar-refractivity contribution in [2.75, 3.05) is 7.11 Å². The van der Waals surface area contributed by atoms with Crippen LogP contribution in [0.25, 0.3) is 0 Å². The third-order valence-corrected chi connectivity index (χ3v) is 1.71. The average Bonchev–Trinajstić information content (AvgIpc) is 2.30. The van der Waals surface area contributed by atoms with Gasteiger partial charge in [-0.2, -0.15) is 0 Å². The maximum atomic E-state index is 5.14. The second-order valence-corrected chi connectivity index (χ2v) is 2.30. The summed E-state index contributed by atoms with van der Waals surface area (Å²) in [7, 11) is 3.73. The maximum absolute atomic E-state index is 5.14. The Morgan fingerprint density at radius 2 is 2.30 bits per heavy atom. The van der Waals surface area contributed by atoms with Gasteiger partial charge in [-0.1, -0.05) is 6.92 Å². The fraction of sp³-hybridized carbons (Fsp3) is 0.500. The summed E-state index contributed by atoms with van der Waals surface area (Å²) in [6, 6.07) is 1.98. The molecule has 56 valence electrons. The molecule has 1 aromatic rings. The van der Waals surface area contributed by atoms with Gasteiger partial charge in [-0.05, 0) is 12.5 Å². The van der Waals surface area contributed by atoms with Gasteiger partial charge in [0.15, 0.2) is 0 Å². The Balaban J connectivity index is 3.01. The summed E-state index contributed by atoms with van der Waals surface area (Å²) in [6.07, 6.45) is 3.03. The van der Waals surface area contributed by atoms with Gasteiger partial charge in [0.25, 0.3) is 0 Å². The van der Waals surface area contributed by atoms with E-state index in [0.29, 0.717) is 0 Å². The van der Waals surface area contributed by atoms with Gasteiger partial charge in [-0.3, -0.25) is 0 Å². The molecule has 0 atom stereocenters. The van der Waals surface area contributed by atoms with E-state index in [1.807, 2.05) is 19.3 Å². The molecule has 0 saturated carbocycles. The zero-order chi connectivity index (χ0) is 7.56. The van der Waals surface area contributed by atoms with Crippen molar-refractivity contribution in [2.24, 2.45) is 7.05 Å². The predicted octanol–water partition coefficient (Wildman–Crippen LogP) is 1.60. The predicted molar refractivity (Wildman–Crippen MR) is 41.3 cm³/mol. The first-order valence-electron chi connectivity index (χ1n) is 3.47. The van der Waals surface area contributed by atoms with Crippen LogP contribution in [0.3, 0.4) is 0 Å². The Morgan fingerprint density at radius 3 is 2.70 bits per heavy atom. The number of methoxy groups -OCH3 is 1. The molecular formula is C8H13NO. The minimum absolute atomic E-state index is 0.991. The zero-order valence-electron chi connectivity index (χ0n) is 6.72. The summed E-state index contributed by atoms with van der Waals surface area (Å²) in [5.41, 5.74) is 1.25. The minimum atomic E-state index is 0.991. The molecule has 0 fully saturated rings. The van der Waals surface area contributed by atoms with Crippen LogP contribution in [0.15, 0.2) is 12.3 Å². The number of ether oxygens (including phenoxy) is 1. The molecule has 1 heterocycles. The number of hydrogen-bond donors (Lipinski definition) is 0. The summed E-state index contributed by atoms with van der Waals surface area (Å²) >= 11 is 0. The standard InChI is InChI=1S/C8H13NO/c1-4-7-8(10-3)5-6-9(7)2/h5-6H,4H2,1-3H3. The number of rotatable bonds is 2. The molecule has 0 aliphatic heterocycles. The highest BCUT2D eigenvalue weighted by Gasteiger charge is 2.02. The molecule has 10 heavy (non-hydrogen) atoms. The Kier molecular flexibility index (Phi) is 2.00. The molecule has 0 amide bonds. The van der Waals surface area contributed by atoms with Crippen molar-refractivity contribution >= 4 is 0 Å². The van der Waals surface area contributed by atoms with Gasteiger partial charge in [0.1, 0.15) is 5.75 Å². The molecule has 2 nitrogen and oxygen atoms in total. The molecule has 0 aliphatic rings. The van der Waals surface area contributed by atoms with E-state index < -0.39 is 0 Å². The van der Waals surface area contributed by atoms with Gasteiger partial charge in [0.2, 0.25) is 0 Å². The van der Waals surface area contributed by atoms with Gasteiger partial charge in [0.05, 0.1) is 12.8 Å². The van der Waals surface area contributed by atoms with Crippen LogP contribution in [-0.4, -0.2) is 11.7 Å². The van der Waals surface area contributed by atoms with Crippen LogP contribution in [0.2, 0.25) is 0 Å². The van der Waals surface area contributed by atoms with E-state index in [1.165, 1.54) is 5.69 Å². The number of aryl methyl sites for hydroxylation is 1. The lowest BCUT2D eigenvalue weighted by Gasteiger charge is -2.01. The smallest absolute Gasteiger partial charge is 0.139 e. The van der Waals surface area contributed by atoms with Gasteiger partial charge < -0.3 is 9.30 Å². The summed E-state index contributed by atoms with van der Waals surface area (Å²) in [6.45, 7) is 2.12. The average molecular weight is 139 g/mol. The van der Waals surface area contributed by atoms with Crippen molar-refractivity contribution in [3.8, 4) is 5.75 Å². The molecule has 0 N–H and O–H groups in total. The van der Waals surface area contributed by atoms with E-state index in [9.17, 15) is 0 Å². The lowest BCUT2D eigenvalue weighted by Crippen LogP contribution is -1.94. The van der Waals surface area contributed by atoms with Crippen LogP contribution in [0.1, 0.15) is 12.6 Å². The Bertz CT molecular complexity index is 215. The molecule has 2 heteroatoms. The number of aromatic nitrogens is 1. The molecule has 1 rings (SSSR count). The molecule has 0 bridgehead atoms. The van der Waals surface area contributed by atoms with Crippen molar-refractivity contribution in [2.45, 2.75) is 13.3 Å². The van der Waals surface area contributed by atoms with Gasteiger partial charge in [0, 0.05) is 13.2 Å². The Hall–Kier alpha value is -0.920. The van der Waals surface area contributed by atoms with Crippen molar-refractivity contribution in [3.63, 3.8) is 0 Å². The molecular weight excluding hydrogens is 126 g/mol. The minimum Gasteiger partial charge on any atom is -0.495 e. The molecule has 1 aromatic heterocycles. The summed E-state index contributed by atoms with van der Waals surface area (Å²) in [4.78, 5) is 0. The van der Waals surface area contributed by atoms with Crippen LogP contribution in [-0.2, 0) is 13.5 Å². The lowest BCUT2D eigenvalue weighted by molar-refractivity contribution is 0.409. The monoisotopic (exact) mass is 139 g/mol. The van der Waals surface area contributed by atoms with Crippen molar-refractivity contribution in [1.82, 2.24) is 4.57 Å². The normalized spacial score (nSPS) is 9.90. The largest absolute Gasteiger partial charge is 0.495 e. The summed E-state index contributed by atoms with van der Waals surface area (Å²) < 4.78 is 7.22. The highest BCUT2D eigenvalue weighted by atomic mass is 16.5. The van der Waals surface area contributed by atoms with Crippen LogP contribution in [0.5, 0.6) is 5.75 Å². The third kappa shape index (κ3) is 1.01. The van der Waals surface area contributed by atoms with Crippen molar-refractivity contribution in [3.05, 3.63) is 18.0 Å². The third-order valence-electron chi connectivity index (χ3n) is 1.71. The number of nitrogens with zero attached hydrogens (tertiary/aromatic N) is 1. The van der Waals surface area contributed by atoms with Gasteiger partial charge >= 0.3 is 0 Å². The summed E-state index contributed by atoms with van der Waals surface area (Å²) in [5, 5.41) is 0. The molecule has 0 saturated heterocycles. The first kappa shape index (κ1) is 7.19. The molecule has 0 spiro atoms. The van der Waals surface area contributed by atoms with E-state index in [-0.39, 0.29) is 0 Å². The van der Waals surface area contributed by atoms with Crippen molar-refractivity contribution in [1.29, 1.82) is 0 Å². The second kappa shape index (κ2) is 2.78. The van der Waals surface area contributed by atoms with Crippen LogP contribution < -0.4 is 4.74 Å². The van der Waals surface area contributed by atoms with Gasteiger partial charge in [-0.25, -0.2) is 0 Å². The molecule has 0 aliphatic carbocycles. The highest BCUT2D eigenvalue weighted by molar-refractivity contribution is 5.28. The SMILES string of the molecule is CCc1c(OC)ccn1C. The van der Waals surface area contributed by atoms with E-state index in [0.717, 1.165) is 12.2 Å². The van der Waals surface area contributed by atoms with Gasteiger partial charge in [-0.15, -0.1) is 0 Å². The topological polar surface area (TPSA) is 14.2 Å². The quantitative estimate of drug-likeness (QED) is 0.607. The van der Waals surface area contributed by atoms with Crippen LogP contribution in [0, 0.1) is 0 Å². The zero-order valence-corrected chi connectivity index (χ0v) is 6.72. The van der Waals surface area contributed by atoms with Crippen LogP contribution >= 0.6 is 0 Å². The Morgan fingerprint density at radius 1 is 1.60 bits per heavy atom. The summed E-state index contributed by atoms with van der Waals surface area (Å²) in [5.74, 6) is 0.991. The highest BCUT2D eigenvalue weighted by Crippen LogP contribution is 2.18. The Labute approximate surface area is 61.4 Å². The molecule has 0 unspecified atom stereocenters. The van der Waals surface area contributed by atoms with E-state index >= 15 is 0 Å². The van der Waals surface area contributed by atoms with E-state index in [2.05, 4.69) is 11.5 Å². The van der Waals surface area contributed by atoms with E-state index in [1.54, 1.807) is 7.11 Å². The fourth-order valence-corrected chi connectivity index (χ4v) is 1.15. The molecule has 0 radical (unpaired) electrons. The molecule has 0 aromatic carbocycles. The maximum Gasteiger partial charge on any atom is 0.139 e. The fourth-order valence-electron chi connectivity index (χ4n) is 1.15. The van der Waals surface area contributed by atoms with Crippen molar-refractivity contribution < 1.29 is 4.74 Å². The van der Waals surface area contributed by atoms with E-state index in [4.69, 9.17) is 4.74 Å². The lowest BCUT2D eigenvalue weighted by atomic mass is 10.3. The second-order valence-electron chi connectivity index (χ2n) is 2.30. The number of hydrogen-bond acceptors (Lipinski definition) is 1. The first-order valence-corrected chi connectivity index (χ1v) is 3.47.